The highest BCUT2D eigenvalue weighted by Gasteiger charge is 2.44. The molecule has 0 radical (unpaired) electrons. The van der Waals surface area contributed by atoms with Gasteiger partial charge < -0.3 is 0 Å². The van der Waals surface area contributed by atoms with Crippen LogP contribution in [0.4, 0.5) is 13.2 Å². The molecule has 0 heterocycles. The maximum Gasteiger partial charge on any atom is 0.416 e. The number of hydrogen-bond acceptors (Lipinski definition) is 1. The zero-order valence-electron chi connectivity index (χ0n) is 11.1. The molecule has 2 atom stereocenters. The molecule has 21 heavy (non-hydrogen) atoms. The third kappa shape index (κ3) is 2.84. The van der Waals surface area contributed by atoms with E-state index in [1.165, 1.54) is 12.1 Å². The molecule has 1 aliphatic rings. The molecule has 1 aliphatic carbocycles. The van der Waals surface area contributed by atoms with Crippen molar-refractivity contribution in [3.05, 3.63) is 71.3 Å². The Hall–Kier alpha value is -2.10. The van der Waals surface area contributed by atoms with E-state index in [1.54, 1.807) is 12.1 Å². The molecular formula is C17H13F3O. The summed E-state index contributed by atoms with van der Waals surface area (Å²) in [6, 6.07) is 14.1. The van der Waals surface area contributed by atoms with Crippen molar-refractivity contribution < 1.29 is 18.0 Å². The van der Waals surface area contributed by atoms with Gasteiger partial charge in [-0.3, -0.25) is 4.79 Å². The Morgan fingerprint density at radius 2 is 1.57 bits per heavy atom. The Labute approximate surface area is 120 Å². The number of Topliss-reactive ketones (excluding diaryl/α,β-unsaturated/α-hetero) is 1. The first-order valence-electron chi connectivity index (χ1n) is 6.73. The number of carbonyl (C=O) groups is 1. The van der Waals surface area contributed by atoms with Crippen LogP contribution < -0.4 is 0 Å². The van der Waals surface area contributed by atoms with Crippen molar-refractivity contribution in [3.63, 3.8) is 0 Å². The van der Waals surface area contributed by atoms with E-state index in [0.29, 0.717) is 12.0 Å². The second-order valence-electron chi connectivity index (χ2n) is 5.30. The fraction of sp³-hybridized carbons (Fsp3) is 0.235. The average Bonchev–Trinajstić information content (AvgIpc) is 3.27. The maximum absolute atomic E-state index is 12.5. The number of ketones is 1. The van der Waals surface area contributed by atoms with Crippen LogP contribution in [0.25, 0.3) is 0 Å². The topological polar surface area (TPSA) is 17.1 Å². The molecule has 4 heteroatoms. The summed E-state index contributed by atoms with van der Waals surface area (Å²) in [4.78, 5) is 12.2. The average molecular weight is 290 g/mol. The molecule has 1 fully saturated rings. The van der Waals surface area contributed by atoms with Gasteiger partial charge in [0.15, 0.2) is 5.78 Å². The Bertz CT molecular complexity index is 644. The predicted octanol–water partition coefficient (Wildman–Crippen LogP) is 4.69. The fourth-order valence-electron chi connectivity index (χ4n) is 2.59. The SMILES string of the molecule is O=C(c1ccccc1)[C@@H]1C[C@H]1c1ccc(C(F)(F)F)cc1. The van der Waals surface area contributed by atoms with Gasteiger partial charge in [-0.25, -0.2) is 0 Å². The van der Waals surface area contributed by atoms with Gasteiger partial charge >= 0.3 is 6.18 Å². The minimum Gasteiger partial charge on any atom is -0.294 e. The van der Waals surface area contributed by atoms with E-state index in [9.17, 15) is 18.0 Å². The molecular weight excluding hydrogens is 277 g/mol. The zero-order valence-corrected chi connectivity index (χ0v) is 11.1. The lowest BCUT2D eigenvalue weighted by atomic mass is 10.0. The minimum absolute atomic E-state index is 0.0417. The summed E-state index contributed by atoms with van der Waals surface area (Å²) in [5, 5.41) is 0. The summed E-state index contributed by atoms with van der Waals surface area (Å²) in [6.45, 7) is 0. The largest absolute Gasteiger partial charge is 0.416 e. The van der Waals surface area contributed by atoms with Crippen LogP contribution in [0.15, 0.2) is 54.6 Å². The van der Waals surface area contributed by atoms with Gasteiger partial charge in [0, 0.05) is 11.5 Å². The lowest BCUT2D eigenvalue weighted by Gasteiger charge is -2.07. The lowest BCUT2D eigenvalue weighted by Crippen LogP contribution is -2.05. The van der Waals surface area contributed by atoms with Gasteiger partial charge in [0.25, 0.3) is 0 Å². The van der Waals surface area contributed by atoms with Gasteiger partial charge in [0.1, 0.15) is 0 Å². The van der Waals surface area contributed by atoms with Crippen LogP contribution in [0.5, 0.6) is 0 Å². The Balaban J connectivity index is 1.72. The van der Waals surface area contributed by atoms with Crippen LogP contribution in [0.1, 0.15) is 33.8 Å². The highest BCUT2D eigenvalue weighted by molar-refractivity contribution is 6.00. The van der Waals surface area contributed by atoms with E-state index in [-0.39, 0.29) is 17.6 Å². The van der Waals surface area contributed by atoms with E-state index in [1.807, 2.05) is 18.2 Å². The summed E-state index contributed by atoms with van der Waals surface area (Å²) in [6.07, 6.45) is -3.61. The molecule has 0 amide bonds. The summed E-state index contributed by atoms with van der Waals surface area (Å²) in [5.74, 6) is 0.00428. The normalized spacial score (nSPS) is 21.1. The van der Waals surface area contributed by atoms with E-state index in [0.717, 1.165) is 17.7 Å². The van der Waals surface area contributed by atoms with E-state index < -0.39 is 11.7 Å². The van der Waals surface area contributed by atoms with Crippen molar-refractivity contribution in [3.8, 4) is 0 Å². The van der Waals surface area contributed by atoms with Gasteiger partial charge in [-0.15, -0.1) is 0 Å². The van der Waals surface area contributed by atoms with Crippen LogP contribution in [0, 0.1) is 5.92 Å². The monoisotopic (exact) mass is 290 g/mol. The summed E-state index contributed by atoms with van der Waals surface area (Å²) >= 11 is 0. The molecule has 0 unspecified atom stereocenters. The number of carbonyl (C=O) groups excluding carboxylic acids is 1. The molecule has 108 valence electrons. The molecule has 3 rings (SSSR count). The molecule has 0 aliphatic heterocycles. The predicted molar refractivity (Wildman–Crippen MR) is 73.1 cm³/mol. The smallest absolute Gasteiger partial charge is 0.294 e. The van der Waals surface area contributed by atoms with E-state index >= 15 is 0 Å². The van der Waals surface area contributed by atoms with Gasteiger partial charge in [-0.1, -0.05) is 42.5 Å². The highest BCUT2D eigenvalue weighted by atomic mass is 19.4. The molecule has 0 aromatic heterocycles. The Kier molecular flexibility index (Phi) is 3.32. The van der Waals surface area contributed by atoms with E-state index in [2.05, 4.69) is 0 Å². The summed E-state index contributed by atoms with van der Waals surface area (Å²) in [5.41, 5.74) is 0.812. The summed E-state index contributed by atoms with van der Waals surface area (Å²) < 4.78 is 37.5. The molecule has 2 aromatic carbocycles. The molecule has 0 N–H and O–H groups in total. The maximum atomic E-state index is 12.5. The first-order valence-corrected chi connectivity index (χ1v) is 6.73. The van der Waals surface area contributed by atoms with Crippen LogP contribution >= 0.6 is 0 Å². The van der Waals surface area contributed by atoms with E-state index in [4.69, 9.17) is 0 Å². The lowest BCUT2D eigenvalue weighted by molar-refractivity contribution is -0.137. The van der Waals surface area contributed by atoms with Crippen LogP contribution in [0.2, 0.25) is 0 Å². The molecule has 2 aromatic rings. The third-order valence-electron chi connectivity index (χ3n) is 3.85. The summed E-state index contributed by atoms with van der Waals surface area (Å²) in [7, 11) is 0. The molecule has 0 spiro atoms. The van der Waals surface area contributed by atoms with Crippen molar-refractivity contribution in [2.45, 2.75) is 18.5 Å². The van der Waals surface area contributed by atoms with Crippen LogP contribution in [-0.2, 0) is 6.18 Å². The number of hydrogen-bond donors (Lipinski definition) is 0. The van der Waals surface area contributed by atoms with Gasteiger partial charge in [0.05, 0.1) is 5.56 Å². The molecule has 1 nitrogen and oxygen atoms in total. The standard InChI is InChI=1S/C17H13F3O/c18-17(19,20)13-8-6-11(7-9-13)14-10-15(14)16(21)12-4-2-1-3-5-12/h1-9,14-15H,10H2/t14-,15+/m0/s1. The number of halogens is 3. The molecule has 1 saturated carbocycles. The zero-order chi connectivity index (χ0) is 15.0. The van der Waals surface area contributed by atoms with Crippen molar-refractivity contribution in [2.24, 2.45) is 5.92 Å². The third-order valence-corrected chi connectivity index (χ3v) is 3.85. The molecule has 0 bridgehead atoms. The number of alkyl halides is 3. The second kappa shape index (κ2) is 5.02. The van der Waals surface area contributed by atoms with Crippen molar-refractivity contribution in [1.29, 1.82) is 0 Å². The number of benzene rings is 2. The first-order chi connectivity index (χ1) is 9.97. The molecule has 0 saturated heterocycles. The van der Waals surface area contributed by atoms with Crippen molar-refractivity contribution in [2.75, 3.05) is 0 Å². The quantitative estimate of drug-likeness (QED) is 0.749. The van der Waals surface area contributed by atoms with Crippen LogP contribution in [-0.4, -0.2) is 5.78 Å². The Morgan fingerprint density at radius 1 is 0.952 bits per heavy atom. The Morgan fingerprint density at radius 3 is 2.14 bits per heavy atom. The van der Waals surface area contributed by atoms with Crippen molar-refractivity contribution >= 4 is 5.78 Å². The van der Waals surface area contributed by atoms with Crippen LogP contribution in [0.3, 0.4) is 0 Å². The van der Waals surface area contributed by atoms with Crippen molar-refractivity contribution in [1.82, 2.24) is 0 Å². The fourth-order valence-corrected chi connectivity index (χ4v) is 2.59. The number of rotatable bonds is 3. The van der Waals surface area contributed by atoms with Gasteiger partial charge in [0.2, 0.25) is 0 Å². The second-order valence-corrected chi connectivity index (χ2v) is 5.30. The van der Waals surface area contributed by atoms with Gasteiger partial charge in [-0.05, 0) is 30.0 Å². The minimum atomic E-state index is -4.32. The highest BCUT2D eigenvalue weighted by Crippen LogP contribution is 2.49. The van der Waals surface area contributed by atoms with Gasteiger partial charge in [-0.2, -0.15) is 13.2 Å². The first kappa shape index (κ1) is 13.9.